The van der Waals surface area contributed by atoms with Crippen molar-refractivity contribution in [1.29, 1.82) is 0 Å². The number of amides is 1. The van der Waals surface area contributed by atoms with E-state index in [-0.39, 0.29) is 5.91 Å². The van der Waals surface area contributed by atoms with E-state index in [1.165, 1.54) is 6.08 Å². The number of carbonyl (C=O) groups excluding carboxylic acids is 1. The van der Waals surface area contributed by atoms with Crippen molar-refractivity contribution < 1.29 is 14.3 Å². The Morgan fingerprint density at radius 1 is 1.17 bits per heavy atom. The molecule has 3 aromatic rings. The highest BCUT2D eigenvalue weighted by atomic mass is 35.5. The maximum absolute atomic E-state index is 12.5. The lowest BCUT2D eigenvalue weighted by molar-refractivity contribution is -0.111. The number of halogens is 1. The molecule has 2 heterocycles. The van der Waals surface area contributed by atoms with Crippen molar-refractivity contribution in [3.63, 3.8) is 0 Å². The van der Waals surface area contributed by atoms with Crippen LogP contribution in [0.4, 0.5) is 5.69 Å². The van der Waals surface area contributed by atoms with Gasteiger partial charge in [-0.3, -0.25) is 4.79 Å². The molecule has 0 radical (unpaired) electrons. The van der Waals surface area contributed by atoms with Gasteiger partial charge in [0.1, 0.15) is 0 Å². The average Bonchev–Trinajstić information content (AvgIpc) is 2.91. The molecular weight excluding hydrogens is 402 g/mol. The van der Waals surface area contributed by atoms with Crippen molar-refractivity contribution in [2.45, 2.75) is 20.3 Å². The number of fused-ring (bicyclic) bond motifs is 1. The first kappa shape index (κ1) is 20.0. The lowest BCUT2D eigenvalue weighted by Crippen LogP contribution is -2.09. The summed E-state index contributed by atoms with van der Waals surface area (Å²) in [5, 5.41) is 7.94. The topological polar surface area (TPSA) is 65.4 Å². The van der Waals surface area contributed by atoms with Gasteiger partial charge in [0.05, 0.1) is 41.0 Å². The van der Waals surface area contributed by atoms with Crippen LogP contribution in [0, 0.1) is 13.8 Å². The normalized spacial score (nSPS) is 13.3. The van der Waals surface area contributed by atoms with E-state index >= 15 is 0 Å². The van der Waals surface area contributed by atoms with Crippen LogP contribution in [-0.4, -0.2) is 28.9 Å². The zero-order chi connectivity index (χ0) is 21.1. The zero-order valence-electron chi connectivity index (χ0n) is 16.8. The molecule has 0 atom stereocenters. The number of aromatic nitrogens is 2. The Kier molecular flexibility index (Phi) is 5.77. The number of nitrogens with zero attached hydrogens (tertiary/aromatic N) is 2. The number of ether oxygens (including phenoxy) is 2. The molecule has 1 N–H and O–H groups in total. The molecule has 0 spiro atoms. The van der Waals surface area contributed by atoms with E-state index in [2.05, 4.69) is 10.4 Å². The molecule has 30 heavy (non-hydrogen) atoms. The van der Waals surface area contributed by atoms with Crippen LogP contribution in [0.5, 0.6) is 11.5 Å². The van der Waals surface area contributed by atoms with Crippen LogP contribution < -0.4 is 14.8 Å². The fourth-order valence-corrected chi connectivity index (χ4v) is 3.60. The summed E-state index contributed by atoms with van der Waals surface area (Å²) in [6.07, 6.45) is 3.96. The number of carbonyl (C=O) groups is 1. The maximum atomic E-state index is 12.5. The summed E-state index contributed by atoms with van der Waals surface area (Å²) in [6.45, 7) is 4.94. The van der Waals surface area contributed by atoms with Crippen molar-refractivity contribution in [3.05, 3.63) is 70.5 Å². The van der Waals surface area contributed by atoms with E-state index < -0.39 is 0 Å². The predicted molar refractivity (Wildman–Crippen MR) is 118 cm³/mol. The predicted octanol–water partition coefficient (Wildman–Crippen LogP) is 4.96. The second kappa shape index (κ2) is 8.63. The first-order valence-corrected chi connectivity index (χ1v) is 10.1. The van der Waals surface area contributed by atoms with Crippen LogP contribution in [0.1, 0.15) is 23.4 Å². The number of para-hydroxylation sites is 1. The number of rotatable bonds is 4. The highest BCUT2D eigenvalue weighted by Crippen LogP contribution is 2.38. The van der Waals surface area contributed by atoms with Gasteiger partial charge in [-0.15, -0.1) is 0 Å². The largest absolute Gasteiger partial charge is 0.489 e. The smallest absolute Gasteiger partial charge is 0.248 e. The van der Waals surface area contributed by atoms with Crippen molar-refractivity contribution in [2.75, 3.05) is 18.5 Å². The molecule has 0 fully saturated rings. The second-order valence-electron chi connectivity index (χ2n) is 7.00. The highest BCUT2D eigenvalue weighted by molar-refractivity contribution is 6.32. The van der Waals surface area contributed by atoms with E-state index in [1.54, 1.807) is 12.1 Å². The Morgan fingerprint density at radius 3 is 2.73 bits per heavy atom. The monoisotopic (exact) mass is 423 g/mol. The summed E-state index contributed by atoms with van der Waals surface area (Å²) in [6, 6.07) is 13.4. The van der Waals surface area contributed by atoms with Gasteiger partial charge in [0.25, 0.3) is 0 Å². The Bertz CT molecular complexity index is 1110. The van der Waals surface area contributed by atoms with Crippen molar-refractivity contribution in [2.24, 2.45) is 0 Å². The maximum Gasteiger partial charge on any atom is 0.248 e. The molecule has 0 saturated carbocycles. The van der Waals surface area contributed by atoms with E-state index in [0.717, 1.165) is 29.1 Å². The highest BCUT2D eigenvalue weighted by Gasteiger charge is 2.16. The first-order chi connectivity index (χ1) is 14.5. The van der Waals surface area contributed by atoms with Crippen LogP contribution in [0.2, 0.25) is 5.02 Å². The Balaban J connectivity index is 1.52. The number of hydrogen-bond acceptors (Lipinski definition) is 4. The molecule has 1 aliphatic rings. The first-order valence-electron chi connectivity index (χ1n) is 9.73. The molecule has 1 aromatic heterocycles. The van der Waals surface area contributed by atoms with E-state index in [9.17, 15) is 4.79 Å². The number of aryl methyl sites for hydroxylation is 1. The minimum atomic E-state index is -0.253. The van der Waals surface area contributed by atoms with E-state index in [1.807, 2.05) is 54.9 Å². The van der Waals surface area contributed by atoms with Crippen LogP contribution in [-0.2, 0) is 4.79 Å². The zero-order valence-corrected chi connectivity index (χ0v) is 17.6. The van der Waals surface area contributed by atoms with Gasteiger partial charge in [0.15, 0.2) is 11.5 Å². The molecule has 0 saturated heterocycles. The molecule has 0 unspecified atom stereocenters. The number of benzene rings is 2. The summed E-state index contributed by atoms with van der Waals surface area (Å²) in [5.41, 5.74) is 4.00. The third kappa shape index (κ3) is 4.19. The summed E-state index contributed by atoms with van der Waals surface area (Å²) in [7, 11) is 0. The van der Waals surface area contributed by atoms with Gasteiger partial charge >= 0.3 is 0 Å². The molecule has 154 valence electrons. The van der Waals surface area contributed by atoms with Crippen molar-refractivity contribution in [1.82, 2.24) is 9.78 Å². The van der Waals surface area contributed by atoms with Gasteiger partial charge in [0.2, 0.25) is 5.91 Å². The molecule has 4 rings (SSSR count). The van der Waals surface area contributed by atoms with Gasteiger partial charge in [0, 0.05) is 12.5 Å². The summed E-state index contributed by atoms with van der Waals surface area (Å²) >= 11 is 6.32. The Hall–Kier alpha value is -3.25. The van der Waals surface area contributed by atoms with Crippen LogP contribution in [0.3, 0.4) is 0 Å². The molecule has 0 bridgehead atoms. The van der Waals surface area contributed by atoms with Crippen LogP contribution >= 0.6 is 11.6 Å². The van der Waals surface area contributed by atoms with E-state index in [4.69, 9.17) is 21.1 Å². The van der Waals surface area contributed by atoms with Crippen molar-refractivity contribution in [3.8, 4) is 17.2 Å². The van der Waals surface area contributed by atoms with Gasteiger partial charge in [-0.05, 0) is 49.8 Å². The lowest BCUT2D eigenvalue weighted by atomic mass is 10.2. The minimum absolute atomic E-state index is 0.253. The summed E-state index contributed by atoms with van der Waals surface area (Å²) in [4.78, 5) is 12.5. The molecule has 7 heteroatoms. The van der Waals surface area contributed by atoms with Gasteiger partial charge in [-0.25, -0.2) is 4.68 Å². The number of nitrogens with one attached hydrogen (secondary N) is 1. The minimum Gasteiger partial charge on any atom is -0.489 e. The Morgan fingerprint density at radius 2 is 1.93 bits per heavy atom. The fourth-order valence-electron chi connectivity index (χ4n) is 3.33. The lowest BCUT2D eigenvalue weighted by Gasteiger charge is -2.10. The van der Waals surface area contributed by atoms with Gasteiger partial charge in [-0.1, -0.05) is 29.8 Å². The van der Waals surface area contributed by atoms with Crippen molar-refractivity contribution >= 4 is 29.3 Å². The third-order valence-electron chi connectivity index (χ3n) is 4.79. The second-order valence-corrected chi connectivity index (χ2v) is 7.40. The average molecular weight is 424 g/mol. The molecule has 2 aromatic carbocycles. The van der Waals surface area contributed by atoms with E-state index in [0.29, 0.717) is 35.4 Å². The molecule has 0 aliphatic carbocycles. The Labute approximate surface area is 180 Å². The molecular formula is C23H22ClN3O3. The fraction of sp³-hybridized carbons (Fsp3) is 0.217. The van der Waals surface area contributed by atoms with Crippen LogP contribution in [0.15, 0.2) is 48.5 Å². The third-order valence-corrected chi connectivity index (χ3v) is 5.07. The number of hydrogen-bond donors (Lipinski definition) is 1. The quantitative estimate of drug-likeness (QED) is 0.602. The van der Waals surface area contributed by atoms with Gasteiger partial charge in [-0.2, -0.15) is 5.10 Å². The van der Waals surface area contributed by atoms with Crippen LogP contribution in [0.25, 0.3) is 11.8 Å². The summed E-state index contributed by atoms with van der Waals surface area (Å²) < 4.78 is 13.1. The van der Waals surface area contributed by atoms with Gasteiger partial charge < -0.3 is 14.8 Å². The number of anilines is 1. The molecule has 1 aliphatic heterocycles. The molecule has 1 amide bonds. The SMILES string of the molecule is Cc1nn(-c2ccccc2)c(C)c1NC(=O)/C=C/c1cc(Cl)c2c(c1)OCCCO2. The molecule has 6 nitrogen and oxygen atoms in total. The summed E-state index contributed by atoms with van der Waals surface area (Å²) in [5.74, 6) is 0.892. The standard InChI is InChI=1S/C23H22ClN3O3/c1-15-22(16(2)27(26-15)18-7-4-3-5-8-18)25-21(28)10-9-17-13-19(24)23-20(14-17)29-11-6-12-30-23/h3-5,7-10,13-14H,6,11-12H2,1-2H3,(H,25,28)/b10-9+.